The topological polar surface area (TPSA) is 122 Å². The van der Waals surface area contributed by atoms with E-state index < -0.39 is 10.5 Å². The number of non-ortho nitro benzene ring substituents is 1. The van der Waals surface area contributed by atoms with E-state index in [1.165, 1.54) is 22.9 Å². The van der Waals surface area contributed by atoms with Crippen LogP contribution in [0, 0.1) is 35.3 Å². The lowest BCUT2D eigenvalue weighted by molar-refractivity contribution is -0.384. The number of nitro groups is 1. The van der Waals surface area contributed by atoms with Gasteiger partial charge < -0.3 is 5.11 Å². The van der Waals surface area contributed by atoms with Crippen LogP contribution in [0.1, 0.15) is 48.6 Å². The second kappa shape index (κ2) is 7.83. The molecule has 1 aromatic carbocycles. The van der Waals surface area contributed by atoms with Gasteiger partial charge in [-0.3, -0.25) is 24.5 Å². The third-order valence-electron chi connectivity index (χ3n) is 4.56. The maximum absolute atomic E-state index is 12.5. The number of aliphatic imine (C=N–C) groups is 1. The van der Waals surface area contributed by atoms with Gasteiger partial charge in [-0.05, 0) is 38.3 Å². The number of hydrogen-bond acceptors (Lipinski definition) is 6. The van der Waals surface area contributed by atoms with Crippen molar-refractivity contribution in [1.29, 1.82) is 5.26 Å². The Hall–Kier alpha value is -3.47. The summed E-state index contributed by atoms with van der Waals surface area (Å²) in [4.78, 5) is 27.2. The Morgan fingerprint density at radius 3 is 2.67 bits per heavy atom. The van der Waals surface area contributed by atoms with E-state index in [0.29, 0.717) is 23.2 Å². The molecule has 0 aliphatic rings. The number of pyridine rings is 1. The first-order valence-corrected chi connectivity index (χ1v) is 8.40. The number of benzene rings is 1. The van der Waals surface area contributed by atoms with Gasteiger partial charge in [-0.15, -0.1) is 0 Å². The van der Waals surface area contributed by atoms with Crippen molar-refractivity contribution in [2.24, 2.45) is 4.99 Å². The molecule has 1 atom stereocenters. The van der Waals surface area contributed by atoms with Crippen LogP contribution in [0.3, 0.4) is 0 Å². The molecule has 0 saturated carbocycles. The summed E-state index contributed by atoms with van der Waals surface area (Å²) in [5, 5.41) is 30.9. The Morgan fingerprint density at radius 2 is 2.11 bits per heavy atom. The summed E-state index contributed by atoms with van der Waals surface area (Å²) in [6, 6.07) is 5.87. The molecular weight excluding hydrogens is 348 g/mol. The van der Waals surface area contributed by atoms with Gasteiger partial charge in [0.05, 0.1) is 16.2 Å². The predicted molar refractivity (Wildman–Crippen MR) is 102 cm³/mol. The second-order valence-corrected chi connectivity index (χ2v) is 6.27. The summed E-state index contributed by atoms with van der Waals surface area (Å²) in [5.41, 5.74) is 0.906. The molecule has 0 aliphatic heterocycles. The van der Waals surface area contributed by atoms with Gasteiger partial charge in [-0.2, -0.15) is 5.26 Å². The van der Waals surface area contributed by atoms with E-state index in [0.717, 1.165) is 0 Å². The Labute approximate surface area is 156 Å². The SMILES string of the molecule is CCC(C)n1c(O)c(C=Nc2cc([N+](=O)[O-])ccc2C)c(C)c(C#N)c1=O. The van der Waals surface area contributed by atoms with Crippen molar-refractivity contribution in [3.63, 3.8) is 0 Å². The summed E-state index contributed by atoms with van der Waals surface area (Å²) < 4.78 is 1.17. The molecule has 1 aromatic heterocycles. The second-order valence-electron chi connectivity index (χ2n) is 6.27. The first-order chi connectivity index (χ1) is 12.7. The summed E-state index contributed by atoms with van der Waals surface area (Å²) in [7, 11) is 0. The standard InChI is InChI=1S/C19H20N4O4/c1-5-12(3)22-18(24)15(9-20)13(4)16(19(22)25)10-21-17-8-14(23(26)27)7-6-11(17)2/h6-8,10,12,25H,5H2,1-4H3. The van der Waals surface area contributed by atoms with Gasteiger partial charge >= 0.3 is 0 Å². The Kier molecular flexibility index (Phi) is 5.75. The van der Waals surface area contributed by atoms with E-state index in [-0.39, 0.29) is 28.7 Å². The molecule has 1 heterocycles. The highest BCUT2D eigenvalue weighted by molar-refractivity contribution is 5.87. The normalized spacial score (nSPS) is 12.1. The zero-order valence-electron chi connectivity index (χ0n) is 15.6. The number of aromatic nitrogens is 1. The van der Waals surface area contributed by atoms with Crippen molar-refractivity contribution in [3.05, 3.63) is 60.9 Å². The molecule has 140 valence electrons. The van der Waals surface area contributed by atoms with Gasteiger partial charge in [-0.1, -0.05) is 13.0 Å². The lowest BCUT2D eigenvalue weighted by Gasteiger charge is -2.18. The Balaban J connectivity index is 2.68. The molecular formula is C19H20N4O4. The van der Waals surface area contributed by atoms with Crippen LogP contribution in [0.15, 0.2) is 28.0 Å². The molecule has 8 heteroatoms. The molecule has 0 fully saturated rings. The number of nitrogens with zero attached hydrogens (tertiary/aromatic N) is 4. The van der Waals surface area contributed by atoms with E-state index in [4.69, 9.17) is 0 Å². The largest absolute Gasteiger partial charge is 0.494 e. The lowest BCUT2D eigenvalue weighted by Crippen LogP contribution is -2.27. The molecule has 0 radical (unpaired) electrons. The van der Waals surface area contributed by atoms with E-state index >= 15 is 0 Å². The first kappa shape index (κ1) is 19.8. The summed E-state index contributed by atoms with van der Waals surface area (Å²) in [6.45, 7) is 6.94. The molecule has 0 bridgehead atoms. The van der Waals surface area contributed by atoms with Crippen LogP contribution < -0.4 is 5.56 Å². The minimum absolute atomic E-state index is 0.0645. The highest BCUT2D eigenvalue weighted by atomic mass is 16.6. The molecule has 0 saturated heterocycles. The zero-order chi connectivity index (χ0) is 20.3. The molecule has 27 heavy (non-hydrogen) atoms. The van der Waals surface area contributed by atoms with Crippen LogP contribution in [0.4, 0.5) is 11.4 Å². The quantitative estimate of drug-likeness (QED) is 0.490. The van der Waals surface area contributed by atoms with E-state index in [1.807, 2.05) is 13.0 Å². The number of aromatic hydroxyl groups is 1. The van der Waals surface area contributed by atoms with Crippen LogP contribution in [-0.4, -0.2) is 20.8 Å². The van der Waals surface area contributed by atoms with Crippen molar-refractivity contribution in [3.8, 4) is 11.9 Å². The highest BCUT2D eigenvalue weighted by Gasteiger charge is 2.20. The van der Waals surface area contributed by atoms with Gasteiger partial charge in [0.25, 0.3) is 11.2 Å². The van der Waals surface area contributed by atoms with E-state index in [2.05, 4.69) is 4.99 Å². The van der Waals surface area contributed by atoms with Crippen LogP contribution in [0.5, 0.6) is 5.88 Å². The molecule has 2 aromatic rings. The average molecular weight is 368 g/mol. The molecule has 1 N–H and O–H groups in total. The first-order valence-electron chi connectivity index (χ1n) is 8.40. The van der Waals surface area contributed by atoms with Gasteiger partial charge in [0, 0.05) is 24.4 Å². The number of nitriles is 1. The minimum Gasteiger partial charge on any atom is -0.494 e. The van der Waals surface area contributed by atoms with Crippen molar-refractivity contribution in [2.45, 2.75) is 40.2 Å². The van der Waals surface area contributed by atoms with E-state index in [1.54, 1.807) is 26.8 Å². The fraction of sp³-hybridized carbons (Fsp3) is 0.316. The summed E-state index contributed by atoms with van der Waals surface area (Å²) in [5.74, 6) is -0.280. The lowest BCUT2D eigenvalue weighted by atomic mass is 10.0. The molecule has 0 aliphatic carbocycles. The van der Waals surface area contributed by atoms with Gasteiger partial charge in [0.1, 0.15) is 11.6 Å². The highest BCUT2D eigenvalue weighted by Crippen LogP contribution is 2.27. The number of aryl methyl sites for hydroxylation is 1. The fourth-order valence-electron chi connectivity index (χ4n) is 2.67. The van der Waals surface area contributed by atoms with Crippen molar-refractivity contribution in [1.82, 2.24) is 4.57 Å². The average Bonchev–Trinajstić information content (AvgIpc) is 2.62. The van der Waals surface area contributed by atoms with Gasteiger partial charge in [0.15, 0.2) is 0 Å². The van der Waals surface area contributed by atoms with Crippen LogP contribution in [-0.2, 0) is 0 Å². The van der Waals surface area contributed by atoms with Crippen LogP contribution in [0.2, 0.25) is 0 Å². The molecule has 8 nitrogen and oxygen atoms in total. The molecule has 0 spiro atoms. The summed E-state index contributed by atoms with van der Waals surface area (Å²) >= 11 is 0. The zero-order valence-corrected chi connectivity index (χ0v) is 15.6. The number of hydrogen-bond donors (Lipinski definition) is 1. The molecule has 0 amide bonds. The maximum atomic E-state index is 12.5. The molecule has 2 rings (SSSR count). The molecule has 1 unspecified atom stereocenters. The van der Waals surface area contributed by atoms with E-state index in [9.17, 15) is 25.3 Å². The van der Waals surface area contributed by atoms with Crippen LogP contribution >= 0.6 is 0 Å². The smallest absolute Gasteiger partial charge is 0.271 e. The van der Waals surface area contributed by atoms with Crippen molar-refractivity contribution in [2.75, 3.05) is 0 Å². The van der Waals surface area contributed by atoms with Crippen molar-refractivity contribution < 1.29 is 10.0 Å². The van der Waals surface area contributed by atoms with Crippen molar-refractivity contribution >= 4 is 17.6 Å². The third kappa shape index (κ3) is 3.72. The number of nitro benzene ring substituents is 1. The van der Waals surface area contributed by atoms with Gasteiger partial charge in [0.2, 0.25) is 5.88 Å². The Bertz CT molecular complexity index is 1030. The van der Waals surface area contributed by atoms with Crippen LogP contribution in [0.25, 0.3) is 0 Å². The Morgan fingerprint density at radius 1 is 1.44 bits per heavy atom. The summed E-state index contributed by atoms with van der Waals surface area (Å²) in [6.07, 6.45) is 1.91. The van der Waals surface area contributed by atoms with Gasteiger partial charge in [-0.25, -0.2) is 0 Å². The monoisotopic (exact) mass is 368 g/mol. The fourth-order valence-corrected chi connectivity index (χ4v) is 2.67. The number of rotatable bonds is 5. The third-order valence-corrected chi connectivity index (χ3v) is 4.56. The minimum atomic E-state index is -0.550. The predicted octanol–water partition coefficient (Wildman–Crippen LogP) is 3.67. The maximum Gasteiger partial charge on any atom is 0.271 e.